The maximum atomic E-state index is 12.4. The van der Waals surface area contributed by atoms with Crippen molar-refractivity contribution in [3.63, 3.8) is 0 Å². The Balaban J connectivity index is 1.46. The lowest BCUT2D eigenvalue weighted by Gasteiger charge is -2.06. The van der Waals surface area contributed by atoms with Crippen molar-refractivity contribution in [1.82, 2.24) is 15.3 Å². The lowest BCUT2D eigenvalue weighted by atomic mass is 10.1. The number of fused-ring (bicyclic) bond motifs is 2. The number of carbonyl (C=O) groups excluding carboxylic acids is 1. The molecule has 0 spiro atoms. The molecule has 0 radical (unpaired) electrons. The summed E-state index contributed by atoms with van der Waals surface area (Å²) in [4.78, 5) is 18.9. The van der Waals surface area contributed by atoms with Gasteiger partial charge >= 0.3 is 0 Å². The van der Waals surface area contributed by atoms with Gasteiger partial charge in [0.2, 0.25) is 0 Å². The van der Waals surface area contributed by atoms with Crippen molar-refractivity contribution < 1.29 is 4.79 Å². The van der Waals surface area contributed by atoms with Crippen molar-refractivity contribution in [2.45, 2.75) is 13.3 Å². The zero-order valence-corrected chi connectivity index (χ0v) is 13.5. The maximum absolute atomic E-state index is 12.4. The van der Waals surface area contributed by atoms with Gasteiger partial charge in [0.05, 0.1) is 0 Å². The smallest absolute Gasteiger partial charge is 0.251 e. The van der Waals surface area contributed by atoms with E-state index in [1.54, 1.807) is 0 Å². The second-order valence-electron chi connectivity index (χ2n) is 6.06. The molecule has 0 aliphatic carbocycles. The Morgan fingerprint density at radius 3 is 2.88 bits per heavy atom. The molecular formula is C20H19N3O. The van der Waals surface area contributed by atoms with Crippen LogP contribution >= 0.6 is 0 Å². The first-order chi connectivity index (χ1) is 11.7. The minimum absolute atomic E-state index is 0.0319. The number of para-hydroxylation sites is 1. The number of benzene rings is 2. The average molecular weight is 317 g/mol. The second kappa shape index (κ2) is 5.89. The molecule has 2 aromatic carbocycles. The molecule has 0 aliphatic rings. The number of amides is 1. The van der Waals surface area contributed by atoms with Gasteiger partial charge in [0, 0.05) is 45.8 Å². The fourth-order valence-electron chi connectivity index (χ4n) is 3.25. The monoisotopic (exact) mass is 317 g/mol. The summed E-state index contributed by atoms with van der Waals surface area (Å²) in [5.74, 6) is -0.0319. The molecule has 0 bridgehead atoms. The molecule has 4 nitrogen and oxygen atoms in total. The molecule has 3 N–H and O–H groups in total. The Hall–Kier alpha value is -3.01. The third-order valence-electron chi connectivity index (χ3n) is 4.50. The molecule has 2 aromatic heterocycles. The van der Waals surface area contributed by atoms with Gasteiger partial charge in [0.25, 0.3) is 5.91 Å². The SMILES string of the molecule is Cc1[nH]c2ccccc2c1CCNC(=O)c1ccc2[nH]ccc2c1. The van der Waals surface area contributed by atoms with Crippen LogP contribution in [0.2, 0.25) is 0 Å². The van der Waals surface area contributed by atoms with Crippen molar-refractivity contribution in [3.8, 4) is 0 Å². The topological polar surface area (TPSA) is 60.7 Å². The number of aryl methyl sites for hydroxylation is 1. The van der Waals surface area contributed by atoms with E-state index >= 15 is 0 Å². The normalized spacial score (nSPS) is 11.2. The van der Waals surface area contributed by atoms with Gasteiger partial charge in [-0.05, 0) is 49.2 Å². The van der Waals surface area contributed by atoms with Gasteiger partial charge in [-0.1, -0.05) is 18.2 Å². The Kier molecular flexibility index (Phi) is 3.58. The van der Waals surface area contributed by atoms with Gasteiger partial charge < -0.3 is 15.3 Å². The number of aromatic nitrogens is 2. The van der Waals surface area contributed by atoms with Crippen molar-refractivity contribution >= 4 is 27.7 Å². The van der Waals surface area contributed by atoms with Crippen molar-refractivity contribution in [3.05, 3.63) is 71.5 Å². The Morgan fingerprint density at radius 2 is 1.96 bits per heavy atom. The first kappa shape index (κ1) is 14.6. The molecule has 4 aromatic rings. The predicted molar refractivity (Wildman–Crippen MR) is 97.4 cm³/mol. The van der Waals surface area contributed by atoms with Crippen molar-refractivity contribution in [1.29, 1.82) is 0 Å². The van der Waals surface area contributed by atoms with Crippen LogP contribution < -0.4 is 5.32 Å². The lowest BCUT2D eigenvalue weighted by molar-refractivity contribution is 0.0954. The van der Waals surface area contributed by atoms with Crippen LogP contribution in [0.1, 0.15) is 21.6 Å². The molecular weight excluding hydrogens is 298 g/mol. The van der Waals surface area contributed by atoms with E-state index in [1.165, 1.54) is 16.6 Å². The molecule has 4 heteroatoms. The zero-order valence-electron chi connectivity index (χ0n) is 13.5. The summed E-state index contributed by atoms with van der Waals surface area (Å²) >= 11 is 0. The molecule has 0 atom stereocenters. The lowest BCUT2D eigenvalue weighted by Crippen LogP contribution is -2.25. The van der Waals surface area contributed by atoms with Crippen LogP contribution in [0.25, 0.3) is 21.8 Å². The minimum Gasteiger partial charge on any atom is -0.361 e. The van der Waals surface area contributed by atoms with E-state index in [-0.39, 0.29) is 5.91 Å². The van der Waals surface area contributed by atoms with Gasteiger partial charge in [0.15, 0.2) is 0 Å². The summed E-state index contributed by atoms with van der Waals surface area (Å²) in [5, 5.41) is 5.31. The Labute approximate surface area is 139 Å². The van der Waals surface area contributed by atoms with Gasteiger partial charge in [-0.25, -0.2) is 0 Å². The van der Waals surface area contributed by atoms with Gasteiger partial charge in [-0.15, -0.1) is 0 Å². The van der Waals surface area contributed by atoms with Crippen LogP contribution in [-0.2, 0) is 6.42 Å². The van der Waals surface area contributed by atoms with Gasteiger partial charge in [-0.3, -0.25) is 4.79 Å². The number of hydrogen-bond donors (Lipinski definition) is 3. The molecule has 0 saturated heterocycles. The van der Waals surface area contributed by atoms with E-state index in [1.807, 2.05) is 42.6 Å². The van der Waals surface area contributed by atoms with Gasteiger partial charge in [0.1, 0.15) is 0 Å². The van der Waals surface area contributed by atoms with Crippen LogP contribution in [0.15, 0.2) is 54.7 Å². The summed E-state index contributed by atoms with van der Waals surface area (Å²) in [6.07, 6.45) is 2.69. The fourth-order valence-corrected chi connectivity index (χ4v) is 3.25. The summed E-state index contributed by atoms with van der Waals surface area (Å²) in [6.45, 7) is 2.70. The molecule has 0 unspecified atom stereocenters. The van der Waals surface area contributed by atoms with Crippen LogP contribution in [0.4, 0.5) is 0 Å². The maximum Gasteiger partial charge on any atom is 0.251 e. The highest BCUT2D eigenvalue weighted by Gasteiger charge is 2.10. The molecule has 0 aliphatic heterocycles. The zero-order chi connectivity index (χ0) is 16.5. The third-order valence-corrected chi connectivity index (χ3v) is 4.50. The number of carbonyl (C=O) groups is 1. The second-order valence-corrected chi connectivity index (χ2v) is 6.06. The molecule has 0 saturated carbocycles. The summed E-state index contributed by atoms with van der Waals surface area (Å²) in [5.41, 5.74) is 5.32. The van der Waals surface area contributed by atoms with Crippen molar-refractivity contribution in [2.24, 2.45) is 0 Å². The van der Waals surface area contributed by atoms with E-state index in [0.717, 1.165) is 22.8 Å². The molecule has 120 valence electrons. The minimum atomic E-state index is -0.0319. The van der Waals surface area contributed by atoms with Crippen LogP contribution in [-0.4, -0.2) is 22.4 Å². The molecule has 2 heterocycles. The first-order valence-corrected chi connectivity index (χ1v) is 8.14. The highest BCUT2D eigenvalue weighted by molar-refractivity contribution is 5.98. The van der Waals surface area contributed by atoms with Crippen LogP contribution in [0, 0.1) is 6.92 Å². The van der Waals surface area contributed by atoms with Crippen molar-refractivity contribution in [2.75, 3.05) is 6.54 Å². The standard InChI is InChI=1S/C20H19N3O/c1-13-16(17-4-2-3-5-19(17)23-13)9-11-22-20(24)15-6-7-18-14(12-15)8-10-21-18/h2-8,10,12,21,23H,9,11H2,1H3,(H,22,24). The van der Waals surface area contributed by atoms with E-state index in [4.69, 9.17) is 0 Å². The number of nitrogens with one attached hydrogen (secondary N) is 3. The highest BCUT2D eigenvalue weighted by Crippen LogP contribution is 2.22. The summed E-state index contributed by atoms with van der Waals surface area (Å²) in [7, 11) is 0. The Morgan fingerprint density at radius 1 is 1.08 bits per heavy atom. The molecule has 0 fully saturated rings. The number of aromatic amines is 2. The Bertz CT molecular complexity index is 1030. The van der Waals surface area contributed by atoms with E-state index in [9.17, 15) is 4.79 Å². The molecule has 1 amide bonds. The van der Waals surface area contributed by atoms with E-state index in [0.29, 0.717) is 12.1 Å². The van der Waals surface area contributed by atoms with E-state index < -0.39 is 0 Å². The summed E-state index contributed by atoms with van der Waals surface area (Å²) < 4.78 is 0. The molecule has 4 rings (SSSR count). The van der Waals surface area contributed by atoms with Gasteiger partial charge in [-0.2, -0.15) is 0 Å². The van der Waals surface area contributed by atoms with Crippen LogP contribution in [0.3, 0.4) is 0 Å². The summed E-state index contributed by atoms with van der Waals surface area (Å²) in [6, 6.07) is 16.0. The largest absolute Gasteiger partial charge is 0.361 e. The quantitative estimate of drug-likeness (QED) is 0.525. The fraction of sp³-hybridized carbons (Fsp3) is 0.150. The number of H-pyrrole nitrogens is 2. The third kappa shape index (κ3) is 2.56. The van der Waals surface area contributed by atoms with Crippen LogP contribution in [0.5, 0.6) is 0 Å². The first-order valence-electron chi connectivity index (χ1n) is 8.14. The average Bonchev–Trinajstić information content (AvgIpc) is 3.18. The highest BCUT2D eigenvalue weighted by atomic mass is 16.1. The number of rotatable bonds is 4. The van der Waals surface area contributed by atoms with E-state index in [2.05, 4.69) is 34.3 Å². The number of hydrogen-bond acceptors (Lipinski definition) is 1. The molecule has 24 heavy (non-hydrogen) atoms. The predicted octanol–water partition coefficient (Wildman–Crippen LogP) is 3.93.